The average Bonchev–Trinajstić information content (AvgIpc) is 2.43. The second-order valence-corrected chi connectivity index (χ2v) is 4.86. The highest BCUT2D eigenvalue weighted by Crippen LogP contribution is 2.25. The second-order valence-electron chi connectivity index (χ2n) is 4.86. The van der Waals surface area contributed by atoms with Crippen molar-refractivity contribution in [2.75, 3.05) is 32.2 Å². The van der Waals surface area contributed by atoms with Gasteiger partial charge in [-0.05, 0) is 26.1 Å². The molecular formula is C14H20N2O3. The van der Waals surface area contributed by atoms with Crippen LogP contribution in [0.25, 0.3) is 0 Å². The minimum atomic E-state index is -0.477. The van der Waals surface area contributed by atoms with Gasteiger partial charge in [-0.3, -0.25) is 9.69 Å². The van der Waals surface area contributed by atoms with Gasteiger partial charge in [-0.15, -0.1) is 0 Å². The van der Waals surface area contributed by atoms with Crippen molar-refractivity contribution in [1.82, 2.24) is 4.90 Å². The lowest BCUT2D eigenvalue weighted by atomic mass is 10.1. The summed E-state index contributed by atoms with van der Waals surface area (Å²) in [5.74, 6) is 0.647. The Balaban J connectivity index is 2.30. The first-order valence-electron chi connectivity index (χ1n) is 6.36. The first-order chi connectivity index (χ1) is 9.08. The molecular weight excluding hydrogens is 244 g/mol. The molecule has 1 fully saturated rings. The predicted molar refractivity (Wildman–Crippen MR) is 73.4 cm³/mol. The predicted octanol–water partition coefficient (Wildman–Crippen LogP) is 0.723. The Labute approximate surface area is 113 Å². The lowest BCUT2D eigenvalue weighted by molar-refractivity contribution is -0.128. The molecule has 0 radical (unpaired) electrons. The topological polar surface area (TPSA) is 53.0 Å². The molecule has 1 heterocycles. The number of benzene rings is 1. The molecule has 5 heteroatoms. The van der Waals surface area contributed by atoms with Crippen LogP contribution in [0, 0.1) is 0 Å². The van der Waals surface area contributed by atoms with E-state index in [1.807, 2.05) is 43.1 Å². The summed E-state index contributed by atoms with van der Waals surface area (Å²) < 4.78 is 5.18. The second kappa shape index (κ2) is 5.59. The van der Waals surface area contributed by atoms with E-state index in [1.165, 1.54) is 0 Å². The summed E-state index contributed by atoms with van der Waals surface area (Å²) in [5, 5.41) is 9.40. The molecule has 0 aromatic heterocycles. The molecule has 1 aromatic rings. The Morgan fingerprint density at radius 2 is 2.21 bits per heavy atom. The summed E-state index contributed by atoms with van der Waals surface area (Å²) in [6, 6.07) is 7.14. The van der Waals surface area contributed by atoms with E-state index in [2.05, 4.69) is 0 Å². The summed E-state index contributed by atoms with van der Waals surface area (Å²) in [6.07, 6.45) is 0. The zero-order valence-electron chi connectivity index (χ0n) is 11.5. The van der Waals surface area contributed by atoms with Gasteiger partial charge in [0.05, 0.1) is 13.7 Å². The molecule has 0 spiro atoms. The number of aliphatic hydroxyl groups is 1. The van der Waals surface area contributed by atoms with Crippen molar-refractivity contribution >= 4 is 11.6 Å². The van der Waals surface area contributed by atoms with Crippen molar-refractivity contribution in [1.29, 1.82) is 0 Å². The normalized spacial score (nSPS) is 24.6. The molecule has 0 bridgehead atoms. The minimum absolute atomic E-state index is 0.0728. The van der Waals surface area contributed by atoms with Crippen LogP contribution in [0.3, 0.4) is 0 Å². The fourth-order valence-corrected chi connectivity index (χ4v) is 2.36. The largest absolute Gasteiger partial charge is 0.497 e. The molecule has 2 unspecified atom stereocenters. The van der Waals surface area contributed by atoms with Gasteiger partial charge in [-0.1, -0.05) is 6.07 Å². The number of nitrogens with zero attached hydrogens (tertiary/aromatic N) is 2. The number of hydrogen-bond acceptors (Lipinski definition) is 4. The molecule has 1 aromatic carbocycles. The summed E-state index contributed by atoms with van der Waals surface area (Å²) >= 11 is 0. The van der Waals surface area contributed by atoms with Gasteiger partial charge in [0.25, 0.3) is 0 Å². The third kappa shape index (κ3) is 2.57. The van der Waals surface area contributed by atoms with Gasteiger partial charge in [0, 0.05) is 24.3 Å². The zero-order chi connectivity index (χ0) is 14.0. The van der Waals surface area contributed by atoms with Crippen molar-refractivity contribution in [3.8, 4) is 5.75 Å². The van der Waals surface area contributed by atoms with E-state index in [9.17, 15) is 9.90 Å². The summed E-state index contributed by atoms with van der Waals surface area (Å²) in [7, 11) is 3.47. The highest BCUT2D eigenvalue weighted by molar-refractivity contribution is 5.98. The van der Waals surface area contributed by atoms with Gasteiger partial charge < -0.3 is 14.7 Å². The third-order valence-corrected chi connectivity index (χ3v) is 3.72. The first-order valence-corrected chi connectivity index (χ1v) is 6.36. The van der Waals surface area contributed by atoms with Gasteiger partial charge in [-0.25, -0.2) is 0 Å². The number of anilines is 1. The molecule has 19 heavy (non-hydrogen) atoms. The Kier molecular flexibility index (Phi) is 4.07. The number of likely N-dealkylation sites (N-methyl/N-ethyl adjacent to an activating group) is 1. The third-order valence-electron chi connectivity index (χ3n) is 3.72. The van der Waals surface area contributed by atoms with E-state index in [-0.39, 0.29) is 18.6 Å². The molecule has 1 aliphatic heterocycles. The van der Waals surface area contributed by atoms with Gasteiger partial charge in [0.2, 0.25) is 5.91 Å². The molecule has 1 aliphatic rings. The smallest absolute Gasteiger partial charge is 0.246 e. The molecule has 1 amide bonds. The first kappa shape index (κ1) is 13.8. The van der Waals surface area contributed by atoms with Crippen LogP contribution in [0.4, 0.5) is 5.69 Å². The van der Waals surface area contributed by atoms with Gasteiger partial charge in [0.15, 0.2) is 0 Å². The van der Waals surface area contributed by atoms with E-state index >= 15 is 0 Å². The van der Waals surface area contributed by atoms with Gasteiger partial charge in [0.1, 0.15) is 11.8 Å². The van der Waals surface area contributed by atoms with Crippen LogP contribution in [-0.4, -0.2) is 55.3 Å². The van der Waals surface area contributed by atoms with E-state index in [0.717, 1.165) is 11.4 Å². The van der Waals surface area contributed by atoms with Crippen LogP contribution in [0.5, 0.6) is 5.75 Å². The number of carbonyl (C=O) groups is 1. The van der Waals surface area contributed by atoms with Crippen molar-refractivity contribution in [3.05, 3.63) is 24.3 Å². The Hall–Kier alpha value is -1.59. The molecule has 1 saturated heterocycles. The van der Waals surface area contributed by atoms with E-state index in [4.69, 9.17) is 4.74 Å². The SMILES string of the molecule is COc1cccc(N2CC(C)N(C)C(CO)C2=O)c1. The minimum Gasteiger partial charge on any atom is -0.497 e. The van der Waals surface area contributed by atoms with Gasteiger partial charge >= 0.3 is 0 Å². The number of aliphatic hydroxyl groups excluding tert-OH is 1. The van der Waals surface area contributed by atoms with Crippen LogP contribution >= 0.6 is 0 Å². The fraction of sp³-hybridized carbons (Fsp3) is 0.500. The number of rotatable bonds is 3. The molecule has 2 atom stereocenters. The van der Waals surface area contributed by atoms with Crippen LogP contribution in [0.2, 0.25) is 0 Å². The highest BCUT2D eigenvalue weighted by atomic mass is 16.5. The summed E-state index contributed by atoms with van der Waals surface area (Å²) in [6.45, 7) is 2.49. The highest BCUT2D eigenvalue weighted by Gasteiger charge is 2.36. The maximum absolute atomic E-state index is 12.4. The number of hydrogen-bond donors (Lipinski definition) is 1. The lowest BCUT2D eigenvalue weighted by Gasteiger charge is -2.42. The Morgan fingerprint density at radius 3 is 2.84 bits per heavy atom. The standard InChI is InChI=1S/C14H20N2O3/c1-10-8-16(14(18)13(9-17)15(10)2)11-5-4-6-12(7-11)19-3/h4-7,10,13,17H,8-9H2,1-3H3. The number of methoxy groups -OCH3 is 1. The Bertz CT molecular complexity index is 464. The van der Waals surface area contributed by atoms with E-state index < -0.39 is 6.04 Å². The summed E-state index contributed by atoms with van der Waals surface area (Å²) in [5.41, 5.74) is 0.808. The Morgan fingerprint density at radius 1 is 1.47 bits per heavy atom. The zero-order valence-corrected chi connectivity index (χ0v) is 11.5. The molecule has 0 saturated carbocycles. The molecule has 1 N–H and O–H groups in total. The number of carbonyl (C=O) groups excluding carboxylic acids is 1. The summed E-state index contributed by atoms with van der Waals surface area (Å²) in [4.78, 5) is 16.0. The van der Waals surface area contributed by atoms with E-state index in [0.29, 0.717) is 6.54 Å². The fourth-order valence-electron chi connectivity index (χ4n) is 2.36. The van der Waals surface area contributed by atoms with Crippen molar-refractivity contribution in [3.63, 3.8) is 0 Å². The molecule has 5 nitrogen and oxygen atoms in total. The number of piperazine rings is 1. The lowest BCUT2D eigenvalue weighted by Crippen LogP contribution is -2.61. The maximum atomic E-state index is 12.4. The van der Waals surface area contributed by atoms with Crippen molar-refractivity contribution < 1.29 is 14.6 Å². The van der Waals surface area contributed by atoms with E-state index in [1.54, 1.807) is 12.0 Å². The van der Waals surface area contributed by atoms with Crippen molar-refractivity contribution in [2.24, 2.45) is 0 Å². The molecule has 0 aliphatic carbocycles. The molecule has 104 valence electrons. The maximum Gasteiger partial charge on any atom is 0.246 e. The van der Waals surface area contributed by atoms with Crippen LogP contribution in [0.15, 0.2) is 24.3 Å². The molecule has 2 rings (SSSR count). The van der Waals surface area contributed by atoms with Crippen LogP contribution < -0.4 is 9.64 Å². The van der Waals surface area contributed by atoms with Crippen LogP contribution in [-0.2, 0) is 4.79 Å². The average molecular weight is 264 g/mol. The monoisotopic (exact) mass is 264 g/mol. The number of amides is 1. The number of ether oxygens (including phenoxy) is 1. The van der Waals surface area contributed by atoms with Gasteiger partial charge in [-0.2, -0.15) is 0 Å². The van der Waals surface area contributed by atoms with Crippen LogP contribution in [0.1, 0.15) is 6.92 Å². The van der Waals surface area contributed by atoms with Crippen molar-refractivity contribution in [2.45, 2.75) is 19.0 Å². The quantitative estimate of drug-likeness (QED) is 0.874.